The van der Waals surface area contributed by atoms with Crippen molar-refractivity contribution in [2.75, 3.05) is 17.2 Å². The van der Waals surface area contributed by atoms with E-state index in [0.29, 0.717) is 6.04 Å². The molecule has 1 aromatic rings. The molecule has 1 heterocycles. The Morgan fingerprint density at radius 1 is 1.64 bits per heavy atom. The maximum Gasteiger partial charge on any atom is 0.152 e. The second kappa shape index (κ2) is 3.70. The lowest BCUT2D eigenvalue weighted by Crippen LogP contribution is -2.27. The van der Waals surface area contributed by atoms with Crippen LogP contribution < -0.4 is 10.6 Å². The molecule has 1 fully saturated rings. The Morgan fingerprint density at radius 3 is 3.00 bits per heavy atom. The van der Waals surface area contributed by atoms with E-state index in [1.165, 1.54) is 12.8 Å². The summed E-state index contributed by atoms with van der Waals surface area (Å²) in [6.45, 7) is 4.58. The lowest BCUT2D eigenvalue weighted by molar-refractivity contribution is 0.843. The fourth-order valence-corrected chi connectivity index (χ4v) is 1.58. The number of rotatable bonds is 4. The molecule has 0 amide bonds. The van der Waals surface area contributed by atoms with Gasteiger partial charge in [0.15, 0.2) is 5.82 Å². The van der Waals surface area contributed by atoms with Crippen LogP contribution >= 0.6 is 0 Å². The minimum Gasteiger partial charge on any atom is -0.396 e. The minimum atomic E-state index is 0.616. The van der Waals surface area contributed by atoms with E-state index in [-0.39, 0.29) is 0 Å². The molecule has 0 radical (unpaired) electrons. The topological polar surface area (TPSA) is 42.2 Å². The molecule has 0 spiro atoms. The van der Waals surface area contributed by atoms with Gasteiger partial charge in [-0.15, -0.1) is 6.58 Å². The van der Waals surface area contributed by atoms with Crippen molar-refractivity contribution in [3.63, 3.8) is 0 Å². The van der Waals surface area contributed by atoms with Crippen LogP contribution in [0, 0.1) is 0 Å². The number of nitrogens with two attached hydrogens (primary N) is 1. The molecule has 1 aliphatic carbocycles. The minimum absolute atomic E-state index is 0.616. The first kappa shape index (κ1) is 9.06. The van der Waals surface area contributed by atoms with E-state index < -0.39 is 0 Å². The monoisotopic (exact) mass is 189 g/mol. The van der Waals surface area contributed by atoms with Crippen LogP contribution in [-0.2, 0) is 0 Å². The Balaban J connectivity index is 2.25. The standard InChI is InChI=1S/C11H15N3/c1-2-8-14(9-5-6-9)11-10(12)4-3-7-13-11/h2-4,7,9H,1,5-6,8,12H2. The summed E-state index contributed by atoms with van der Waals surface area (Å²) < 4.78 is 0. The summed E-state index contributed by atoms with van der Waals surface area (Å²) in [5.41, 5.74) is 6.63. The summed E-state index contributed by atoms with van der Waals surface area (Å²) in [6, 6.07) is 4.36. The summed E-state index contributed by atoms with van der Waals surface area (Å²) >= 11 is 0. The van der Waals surface area contributed by atoms with Crippen LogP contribution in [0.2, 0.25) is 0 Å². The second-order valence-electron chi connectivity index (χ2n) is 3.59. The highest BCUT2D eigenvalue weighted by atomic mass is 15.2. The third-order valence-electron chi connectivity index (χ3n) is 2.40. The summed E-state index contributed by atoms with van der Waals surface area (Å²) in [7, 11) is 0. The largest absolute Gasteiger partial charge is 0.396 e. The van der Waals surface area contributed by atoms with Crippen molar-refractivity contribution in [2.24, 2.45) is 0 Å². The average Bonchev–Trinajstić information content (AvgIpc) is 2.99. The Kier molecular flexibility index (Phi) is 2.39. The molecular weight excluding hydrogens is 174 g/mol. The van der Waals surface area contributed by atoms with Gasteiger partial charge in [0.05, 0.1) is 5.69 Å². The van der Waals surface area contributed by atoms with Gasteiger partial charge in [-0.05, 0) is 25.0 Å². The highest BCUT2D eigenvalue weighted by Crippen LogP contribution is 2.32. The zero-order valence-corrected chi connectivity index (χ0v) is 8.19. The van der Waals surface area contributed by atoms with Crippen molar-refractivity contribution >= 4 is 11.5 Å². The van der Waals surface area contributed by atoms with Crippen LogP contribution in [0.4, 0.5) is 11.5 Å². The van der Waals surface area contributed by atoms with Crippen LogP contribution in [-0.4, -0.2) is 17.6 Å². The smallest absolute Gasteiger partial charge is 0.152 e. The molecule has 1 saturated carbocycles. The number of pyridine rings is 1. The van der Waals surface area contributed by atoms with E-state index >= 15 is 0 Å². The van der Waals surface area contributed by atoms with Gasteiger partial charge in [0.2, 0.25) is 0 Å². The quantitative estimate of drug-likeness (QED) is 0.734. The summed E-state index contributed by atoms with van der Waals surface area (Å²) in [5.74, 6) is 0.898. The lowest BCUT2D eigenvalue weighted by Gasteiger charge is -2.22. The molecule has 3 nitrogen and oxygen atoms in total. The maximum absolute atomic E-state index is 5.88. The van der Waals surface area contributed by atoms with E-state index in [4.69, 9.17) is 5.73 Å². The van der Waals surface area contributed by atoms with Gasteiger partial charge in [-0.2, -0.15) is 0 Å². The van der Waals surface area contributed by atoms with Gasteiger partial charge in [0, 0.05) is 18.8 Å². The molecule has 74 valence electrons. The second-order valence-corrected chi connectivity index (χ2v) is 3.59. The highest BCUT2D eigenvalue weighted by molar-refractivity contribution is 5.63. The number of hydrogen-bond acceptors (Lipinski definition) is 3. The van der Waals surface area contributed by atoms with Crippen molar-refractivity contribution in [1.82, 2.24) is 4.98 Å². The van der Waals surface area contributed by atoms with Crippen LogP contribution in [0.5, 0.6) is 0 Å². The summed E-state index contributed by atoms with van der Waals surface area (Å²) in [6.07, 6.45) is 6.16. The predicted octanol–water partition coefficient (Wildman–Crippen LogP) is 1.82. The molecule has 0 aromatic carbocycles. The fourth-order valence-electron chi connectivity index (χ4n) is 1.58. The predicted molar refractivity (Wildman–Crippen MR) is 59.2 cm³/mol. The number of anilines is 2. The zero-order valence-electron chi connectivity index (χ0n) is 8.19. The Hall–Kier alpha value is -1.51. The molecular formula is C11H15N3. The van der Waals surface area contributed by atoms with Gasteiger partial charge in [-0.3, -0.25) is 0 Å². The first-order chi connectivity index (χ1) is 6.83. The molecule has 2 N–H and O–H groups in total. The van der Waals surface area contributed by atoms with Gasteiger partial charge in [0.1, 0.15) is 0 Å². The van der Waals surface area contributed by atoms with Gasteiger partial charge >= 0.3 is 0 Å². The fraction of sp³-hybridized carbons (Fsp3) is 0.364. The molecule has 0 saturated heterocycles. The van der Waals surface area contributed by atoms with E-state index in [1.807, 2.05) is 18.2 Å². The molecule has 2 rings (SSSR count). The lowest BCUT2D eigenvalue weighted by atomic mass is 10.3. The normalized spacial score (nSPS) is 15.1. The number of aromatic nitrogens is 1. The van der Waals surface area contributed by atoms with E-state index in [0.717, 1.165) is 18.1 Å². The third kappa shape index (κ3) is 1.71. The van der Waals surface area contributed by atoms with Gasteiger partial charge in [-0.25, -0.2) is 4.98 Å². The van der Waals surface area contributed by atoms with Crippen LogP contribution in [0.15, 0.2) is 31.0 Å². The van der Waals surface area contributed by atoms with Crippen molar-refractivity contribution in [3.8, 4) is 0 Å². The van der Waals surface area contributed by atoms with Crippen LogP contribution in [0.3, 0.4) is 0 Å². The Bertz CT molecular complexity index is 331. The molecule has 1 aromatic heterocycles. The van der Waals surface area contributed by atoms with Crippen molar-refractivity contribution in [2.45, 2.75) is 18.9 Å². The molecule has 14 heavy (non-hydrogen) atoms. The van der Waals surface area contributed by atoms with Crippen molar-refractivity contribution < 1.29 is 0 Å². The molecule has 0 bridgehead atoms. The van der Waals surface area contributed by atoms with Crippen LogP contribution in [0.25, 0.3) is 0 Å². The third-order valence-corrected chi connectivity index (χ3v) is 2.40. The zero-order chi connectivity index (χ0) is 9.97. The molecule has 0 unspecified atom stereocenters. The summed E-state index contributed by atoms with van der Waals surface area (Å²) in [4.78, 5) is 6.54. The van der Waals surface area contributed by atoms with Crippen molar-refractivity contribution in [1.29, 1.82) is 0 Å². The van der Waals surface area contributed by atoms with Gasteiger partial charge in [-0.1, -0.05) is 6.08 Å². The molecule has 3 heteroatoms. The first-order valence-electron chi connectivity index (χ1n) is 4.91. The van der Waals surface area contributed by atoms with Gasteiger partial charge < -0.3 is 10.6 Å². The average molecular weight is 189 g/mol. The number of hydrogen-bond donors (Lipinski definition) is 1. The number of nitrogens with zero attached hydrogens (tertiary/aromatic N) is 2. The van der Waals surface area contributed by atoms with E-state index in [9.17, 15) is 0 Å². The summed E-state index contributed by atoms with van der Waals surface area (Å²) in [5, 5.41) is 0. The molecule has 1 aliphatic rings. The number of nitrogen functional groups attached to an aromatic ring is 1. The van der Waals surface area contributed by atoms with Crippen LogP contribution in [0.1, 0.15) is 12.8 Å². The maximum atomic E-state index is 5.88. The van der Waals surface area contributed by atoms with E-state index in [2.05, 4.69) is 16.5 Å². The highest BCUT2D eigenvalue weighted by Gasteiger charge is 2.29. The Morgan fingerprint density at radius 2 is 2.43 bits per heavy atom. The van der Waals surface area contributed by atoms with Gasteiger partial charge in [0.25, 0.3) is 0 Å². The molecule has 0 aliphatic heterocycles. The van der Waals surface area contributed by atoms with E-state index in [1.54, 1.807) is 6.20 Å². The molecule has 0 atom stereocenters. The SMILES string of the molecule is C=CCN(c1ncccc1N)C1CC1. The van der Waals surface area contributed by atoms with Crippen molar-refractivity contribution in [3.05, 3.63) is 31.0 Å². The Labute approximate surface area is 84.2 Å². The first-order valence-corrected chi connectivity index (χ1v) is 4.91.